The molecule has 1 aliphatic heterocycles. The summed E-state index contributed by atoms with van der Waals surface area (Å²) in [4.78, 5) is 21.8. The fraction of sp³-hybridized carbons (Fsp3) is 0.591. The number of benzene rings is 1. The smallest absolute Gasteiger partial charge is 0.222 e. The van der Waals surface area contributed by atoms with Crippen molar-refractivity contribution < 1.29 is 4.79 Å². The Morgan fingerprint density at radius 2 is 1.96 bits per heavy atom. The van der Waals surface area contributed by atoms with Gasteiger partial charge in [-0.2, -0.15) is 4.37 Å². The molecule has 2 heterocycles. The number of hydrogen-bond donors (Lipinski definition) is 0. The molecule has 0 N–H and O–H groups in total. The molecule has 150 valence electrons. The van der Waals surface area contributed by atoms with E-state index in [2.05, 4.69) is 33.2 Å². The molecule has 4 rings (SSSR count). The van der Waals surface area contributed by atoms with Crippen LogP contribution in [0.3, 0.4) is 0 Å². The van der Waals surface area contributed by atoms with E-state index in [1.807, 2.05) is 18.2 Å². The summed E-state index contributed by atoms with van der Waals surface area (Å²) in [5, 5.41) is 0.982. The van der Waals surface area contributed by atoms with Gasteiger partial charge in [0.25, 0.3) is 0 Å². The molecule has 1 atom stereocenters. The largest absolute Gasteiger partial charge is 0.343 e. The average Bonchev–Trinajstić information content (AvgIpc) is 3.39. The lowest BCUT2D eigenvalue weighted by atomic mass is 10.0. The SMILES string of the molecule is CC1CN(c2nc(Cc3ccccc3)ns2)CCN1C(=O)CCC1CCCC1. The Hall–Kier alpha value is -1.95. The molecular formula is C22H30N4OS. The minimum atomic E-state index is 0.228. The monoisotopic (exact) mass is 398 g/mol. The minimum Gasteiger partial charge on any atom is -0.343 e. The summed E-state index contributed by atoms with van der Waals surface area (Å²) in [7, 11) is 0. The Morgan fingerprint density at radius 3 is 2.71 bits per heavy atom. The van der Waals surface area contributed by atoms with E-state index in [0.717, 1.165) is 55.8 Å². The summed E-state index contributed by atoms with van der Waals surface area (Å²) in [6.45, 7) is 4.64. The van der Waals surface area contributed by atoms with Gasteiger partial charge >= 0.3 is 0 Å². The molecule has 1 aliphatic carbocycles. The molecule has 0 spiro atoms. The summed E-state index contributed by atoms with van der Waals surface area (Å²) >= 11 is 1.48. The number of piperazine rings is 1. The van der Waals surface area contributed by atoms with Crippen LogP contribution < -0.4 is 4.90 Å². The normalized spacial score (nSPS) is 20.7. The van der Waals surface area contributed by atoms with E-state index in [0.29, 0.717) is 5.91 Å². The molecule has 1 saturated heterocycles. The van der Waals surface area contributed by atoms with Crippen LogP contribution in [-0.4, -0.2) is 45.8 Å². The number of amides is 1. The molecule has 1 unspecified atom stereocenters. The van der Waals surface area contributed by atoms with Crippen LogP contribution in [0.5, 0.6) is 0 Å². The maximum Gasteiger partial charge on any atom is 0.222 e. The first-order valence-corrected chi connectivity index (χ1v) is 11.4. The molecule has 1 saturated carbocycles. The van der Waals surface area contributed by atoms with Gasteiger partial charge in [0.2, 0.25) is 11.0 Å². The van der Waals surface area contributed by atoms with Crippen molar-refractivity contribution >= 4 is 22.6 Å². The third-order valence-electron chi connectivity index (χ3n) is 6.12. The van der Waals surface area contributed by atoms with Gasteiger partial charge in [-0.25, -0.2) is 4.98 Å². The zero-order valence-electron chi connectivity index (χ0n) is 16.7. The van der Waals surface area contributed by atoms with Crippen LogP contribution in [-0.2, 0) is 11.2 Å². The predicted octanol–water partition coefficient (Wildman–Crippen LogP) is 4.14. The van der Waals surface area contributed by atoms with Gasteiger partial charge in [-0.05, 0) is 24.8 Å². The maximum absolute atomic E-state index is 12.7. The van der Waals surface area contributed by atoms with E-state index < -0.39 is 0 Å². The Balaban J connectivity index is 1.29. The van der Waals surface area contributed by atoms with Gasteiger partial charge in [0, 0.05) is 50.1 Å². The first-order chi connectivity index (χ1) is 13.7. The molecule has 2 fully saturated rings. The summed E-state index contributed by atoms with van der Waals surface area (Å²) in [5.74, 6) is 2.00. The third-order valence-corrected chi connectivity index (χ3v) is 6.94. The molecule has 28 heavy (non-hydrogen) atoms. The van der Waals surface area contributed by atoms with Crippen molar-refractivity contribution in [1.82, 2.24) is 14.3 Å². The van der Waals surface area contributed by atoms with Gasteiger partial charge in [0.05, 0.1) is 0 Å². The number of nitrogens with zero attached hydrogens (tertiary/aromatic N) is 4. The van der Waals surface area contributed by atoms with Gasteiger partial charge in [-0.3, -0.25) is 4.79 Å². The molecule has 1 aromatic heterocycles. The summed E-state index contributed by atoms with van der Waals surface area (Å²) < 4.78 is 4.55. The minimum absolute atomic E-state index is 0.228. The number of carbonyl (C=O) groups is 1. The maximum atomic E-state index is 12.7. The fourth-order valence-corrected chi connectivity index (χ4v) is 5.22. The predicted molar refractivity (Wildman–Crippen MR) is 114 cm³/mol. The van der Waals surface area contributed by atoms with Gasteiger partial charge in [0.15, 0.2) is 0 Å². The second-order valence-electron chi connectivity index (χ2n) is 8.23. The highest BCUT2D eigenvalue weighted by molar-refractivity contribution is 7.09. The van der Waals surface area contributed by atoms with Crippen molar-refractivity contribution in [2.45, 2.75) is 57.9 Å². The van der Waals surface area contributed by atoms with Crippen LogP contribution in [0.2, 0.25) is 0 Å². The highest BCUT2D eigenvalue weighted by Crippen LogP contribution is 2.29. The van der Waals surface area contributed by atoms with Crippen molar-refractivity contribution in [1.29, 1.82) is 0 Å². The summed E-state index contributed by atoms with van der Waals surface area (Å²) in [5.41, 5.74) is 1.23. The summed E-state index contributed by atoms with van der Waals surface area (Å²) in [6.07, 6.45) is 7.90. The second kappa shape index (κ2) is 9.03. The lowest BCUT2D eigenvalue weighted by Gasteiger charge is -2.39. The van der Waals surface area contributed by atoms with Gasteiger partial charge in [0.1, 0.15) is 5.82 Å². The van der Waals surface area contributed by atoms with Crippen molar-refractivity contribution in [2.24, 2.45) is 5.92 Å². The molecule has 2 aliphatic rings. The number of rotatable bonds is 6. The van der Waals surface area contributed by atoms with Gasteiger partial charge in [-0.1, -0.05) is 56.0 Å². The second-order valence-corrected chi connectivity index (χ2v) is 8.96. The van der Waals surface area contributed by atoms with Crippen LogP contribution in [0.4, 0.5) is 5.13 Å². The van der Waals surface area contributed by atoms with E-state index in [9.17, 15) is 4.79 Å². The van der Waals surface area contributed by atoms with E-state index in [1.54, 1.807) is 0 Å². The topological polar surface area (TPSA) is 49.3 Å². The van der Waals surface area contributed by atoms with E-state index in [-0.39, 0.29) is 6.04 Å². The molecule has 2 aromatic rings. The molecule has 1 aromatic carbocycles. The molecule has 1 amide bonds. The molecule has 0 bridgehead atoms. The highest BCUT2D eigenvalue weighted by atomic mass is 32.1. The highest BCUT2D eigenvalue weighted by Gasteiger charge is 2.29. The van der Waals surface area contributed by atoms with Crippen molar-refractivity contribution in [3.63, 3.8) is 0 Å². The first-order valence-electron chi connectivity index (χ1n) is 10.6. The lowest BCUT2D eigenvalue weighted by molar-refractivity contribution is -0.133. The van der Waals surface area contributed by atoms with Gasteiger partial charge < -0.3 is 9.80 Å². The third kappa shape index (κ3) is 4.72. The number of anilines is 1. The zero-order chi connectivity index (χ0) is 19.3. The average molecular weight is 399 g/mol. The Morgan fingerprint density at radius 1 is 1.18 bits per heavy atom. The van der Waals surface area contributed by atoms with Crippen LogP contribution >= 0.6 is 11.5 Å². The van der Waals surface area contributed by atoms with Crippen molar-refractivity contribution in [3.8, 4) is 0 Å². The van der Waals surface area contributed by atoms with E-state index >= 15 is 0 Å². The zero-order valence-corrected chi connectivity index (χ0v) is 17.5. The quantitative estimate of drug-likeness (QED) is 0.734. The Bertz CT molecular complexity index is 772. The molecule has 6 heteroatoms. The first kappa shape index (κ1) is 19.4. The van der Waals surface area contributed by atoms with Crippen LogP contribution in [0.15, 0.2) is 30.3 Å². The van der Waals surface area contributed by atoms with E-state index in [1.165, 1.54) is 42.8 Å². The number of carbonyl (C=O) groups excluding carboxylic acids is 1. The standard InChI is InChI=1S/C22H30N4OS/c1-17-16-25(13-14-26(17)21(27)12-11-18-7-5-6-8-18)22-23-20(24-28-22)15-19-9-3-2-4-10-19/h2-4,9-10,17-18H,5-8,11-16H2,1H3. The van der Waals surface area contributed by atoms with E-state index in [4.69, 9.17) is 4.98 Å². The van der Waals surface area contributed by atoms with Crippen molar-refractivity contribution in [2.75, 3.05) is 24.5 Å². The van der Waals surface area contributed by atoms with Crippen molar-refractivity contribution in [3.05, 3.63) is 41.7 Å². The lowest BCUT2D eigenvalue weighted by Crippen LogP contribution is -2.54. The summed E-state index contributed by atoms with van der Waals surface area (Å²) in [6, 6.07) is 10.6. The van der Waals surface area contributed by atoms with Gasteiger partial charge in [-0.15, -0.1) is 0 Å². The fourth-order valence-electron chi connectivity index (χ4n) is 4.50. The Kier molecular flexibility index (Phi) is 6.25. The van der Waals surface area contributed by atoms with Crippen LogP contribution in [0, 0.1) is 5.92 Å². The Labute approximate surface area is 171 Å². The van der Waals surface area contributed by atoms with Crippen LogP contribution in [0.1, 0.15) is 56.8 Å². The number of aromatic nitrogens is 2. The molecule has 0 radical (unpaired) electrons. The van der Waals surface area contributed by atoms with Crippen LogP contribution in [0.25, 0.3) is 0 Å². The molecule has 5 nitrogen and oxygen atoms in total. The molecular weight excluding hydrogens is 368 g/mol. The number of hydrogen-bond acceptors (Lipinski definition) is 5.